The van der Waals surface area contributed by atoms with E-state index < -0.39 is 53.0 Å². The van der Waals surface area contributed by atoms with Crippen LogP contribution in [0.25, 0.3) is 54.4 Å². The normalized spacial score (nSPS) is 22.3. The van der Waals surface area contributed by atoms with Crippen molar-refractivity contribution in [2.75, 3.05) is 50.0 Å². The Labute approximate surface area is 470 Å². The Kier molecular flexibility index (Phi) is 12.6. The highest BCUT2D eigenvalue weighted by Crippen LogP contribution is 2.48. The van der Waals surface area contributed by atoms with Crippen molar-refractivity contribution >= 4 is 77.5 Å². The maximum Gasteiger partial charge on any atom is 0.343 e. The molecule has 6 aliphatic rings. The number of aryl methyl sites for hydroxylation is 2. The van der Waals surface area contributed by atoms with E-state index in [0.29, 0.717) is 48.5 Å². The average Bonchev–Trinajstić information content (AvgIpc) is 4.00. The molecule has 7 aromatic rings. The molecule has 5 atom stereocenters. The standard InChI is InChI=1S/C59H52ClF3N10O7S/c1-4-59(77)39-20-43-49-37(25-73(43)55(75)38(39)26-78-56(59)76)32-7-5-8-33-44(12-11-42(67-49)45(32)33)80-29(3)28(2)54(74)72-18-17-70(24-31(72)13-15-64)53-35-19-40(60)47(34-9-10-41(62)51-46(34)36(22-65)52(66)81-51)48(63)50(35)68-57(69-53)79-27-58-14-6-16-71(58)23-30(61)21-58/h9-12,19-20,29-31,77H,2,4-8,13-14,16-18,21,23-27,66H2,1,3H3/t29?,30-,31+,58+,59+/m1/s1. The summed E-state index contributed by atoms with van der Waals surface area (Å²) >= 11 is 7.89. The number of pyridine rings is 2. The molecule has 3 aromatic carbocycles. The van der Waals surface area contributed by atoms with Crippen molar-refractivity contribution in [2.24, 2.45) is 0 Å². The topological polar surface area (TPSA) is 226 Å². The van der Waals surface area contributed by atoms with Gasteiger partial charge in [-0.3, -0.25) is 14.5 Å². The van der Waals surface area contributed by atoms with Crippen LogP contribution in [0, 0.1) is 34.3 Å². The van der Waals surface area contributed by atoms with E-state index in [4.69, 9.17) is 41.5 Å². The van der Waals surface area contributed by atoms with Gasteiger partial charge < -0.3 is 39.4 Å². The van der Waals surface area contributed by atoms with Gasteiger partial charge in [0.1, 0.15) is 59.5 Å². The van der Waals surface area contributed by atoms with Gasteiger partial charge in [0.15, 0.2) is 11.4 Å². The lowest BCUT2D eigenvalue weighted by atomic mass is 9.85. The maximum absolute atomic E-state index is 17.6. The number of carbonyl (C=O) groups excluding carboxylic acids is 2. The smallest absolute Gasteiger partial charge is 0.343 e. The molecule has 17 nitrogen and oxygen atoms in total. The number of hydrogen-bond donors (Lipinski definition) is 2. The highest BCUT2D eigenvalue weighted by Gasteiger charge is 2.50. The summed E-state index contributed by atoms with van der Waals surface area (Å²) in [4.78, 5) is 61.5. The van der Waals surface area contributed by atoms with Crippen LogP contribution in [0.1, 0.15) is 85.8 Å². The second-order valence-corrected chi connectivity index (χ2v) is 23.4. The molecule has 4 aromatic heterocycles. The van der Waals surface area contributed by atoms with Crippen molar-refractivity contribution in [1.82, 2.24) is 29.3 Å². The average molecular weight is 1140 g/mol. The minimum absolute atomic E-state index is 0.0228. The molecule has 0 radical (unpaired) electrons. The summed E-state index contributed by atoms with van der Waals surface area (Å²) in [5, 5.41) is 32.9. The molecule has 1 unspecified atom stereocenters. The van der Waals surface area contributed by atoms with E-state index in [2.05, 4.69) is 22.5 Å². The molecular formula is C59H52ClF3N10O7S. The number of esters is 1. The first-order chi connectivity index (χ1) is 39.0. The number of nitrogens with two attached hydrogens (primary N) is 1. The Morgan fingerprint density at radius 1 is 1.05 bits per heavy atom. The lowest BCUT2D eigenvalue weighted by molar-refractivity contribution is -0.172. The molecule has 0 bridgehead atoms. The first-order valence-corrected chi connectivity index (χ1v) is 28.2. The first kappa shape index (κ1) is 52.5. The third-order valence-corrected chi connectivity index (χ3v) is 18.9. The van der Waals surface area contributed by atoms with Crippen LogP contribution in [0.4, 0.5) is 24.0 Å². The Morgan fingerprint density at radius 3 is 2.65 bits per heavy atom. The number of thiophene rings is 1. The van der Waals surface area contributed by atoms with Crippen molar-refractivity contribution in [3.05, 3.63) is 109 Å². The summed E-state index contributed by atoms with van der Waals surface area (Å²) in [5.74, 6) is -2.01. The van der Waals surface area contributed by atoms with Gasteiger partial charge in [0.25, 0.3) is 11.5 Å². The molecule has 414 valence electrons. The number of nitriles is 2. The number of benzene rings is 3. The van der Waals surface area contributed by atoms with Crippen LogP contribution in [0.3, 0.4) is 0 Å². The molecular weight excluding hydrogens is 1090 g/mol. The minimum Gasteiger partial charge on any atom is -0.486 e. The zero-order valence-corrected chi connectivity index (χ0v) is 45.7. The Morgan fingerprint density at radius 2 is 1.86 bits per heavy atom. The number of anilines is 2. The van der Waals surface area contributed by atoms with Crippen molar-refractivity contribution in [2.45, 2.75) is 108 Å². The summed E-state index contributed by atoms with van der Waals surface area (Å²) < 4.78 is 67.7. The summed E-state index contributed by atoms with van der Waals surface area (Å²) in [5.41, 5.74) is 8.29. The molecule has 0 saturated carbocycles. The lowest BCUT2D eigenvalue weighted by Gasteiger charge is -2.42. The largest absolute Gasteiger partial charge is 0.486 e. The van der Waals surface area contributed by atoms with Crippen LogP contribution in [-0.4, -0.2) is 109 Å². The zero-order valence-electron chi connectivity index (χ0n) is 44.1. The zero-order chi connectivity index (χ0) is 56.6. The number of piperazine rings is 1. The molecule has 1 aliphatic carbocycles. The van der Waals surface area contributed by atoms with Crippen LogP contribution >= 0.6 is 22.9 Å². The van der Waals surface area contributed by atoms with Gasteiger partial charge in [0.05, 0.1) is 68.4 Å². The van der Waals surface area contributed by atoms with E-state index >= 15 is 8.78 Å². The van der Waals surface area contributed by atoms with Gasteiger partial charge in [-0.15, -0.1) is 11.3 Å². The number of nitrogens with zero attached hydrogens (tertiary/aromatic N) is 9. The number of nitrogen functional groups attached to an aromatic ring is 1. The highest BCUT2D eigenvalue weighted by atomic mass is 35.5. The van der Waals surface area contributed by atoms with Gasteiger partial charge in [-0.1, -0.05) is 31.2 Å². The predicted molar refractivity (Wildman–Crippen MR) is 297 cm³/mol. The minimum atomic E-state index is -1.95. The van der Waals surface area contributed by atoms with Crippen LogP contribution in [0.15, 0.2) is 53.3 Å². The van der Waals surface area contributed by atoms with Crippen molar-refractivity contribution < 1.29 is 42.1 Å². The van der Waals surface area contributed by atoms with Crippen LogP contribution in [-0.2, 0) is 45.9 Å². The van der Waals surface area contributed by atoms with Gasteiger partial charge in [-0.05, 0) is 93.5 Å². The van der Waals surface area contributed by atoms with Gasteiger partial charge in [0.2, 0.25) is 0 Å². The molecule has 81 heavy (non-hydrogen) atoms. The number of hydrogen-bond acceptors (Lipinski definition) is 16. The first-order valence-electron chi connectivity index (χ1n) is 27.0. The molecule has 3 fully saturated rings. The number of halogens is 4. The fraction of sp³-hybridized carbons (Fsp3) is 0.390. The number of aliphatic hydroxyl groups is 1. The summed E-state index contributed by atoms with van der Waals surface area (Å²) in [6, 6.07) is 12.7. The molecule has 0 spiro atoms. The highest BCUT2D eigenvalue weighted by molar-refractivity contribution is 7.23. The number of amides is 1. The fourth-order valence-corrected chi connectivity index (χ4v) is 14.7. The molecule has 9 heterocycles. The third kappa shape index (κ3) is 8.05. The second kappa shape index (κ2) is 19.4. The monoisotopic (exact) mass is 1140 g/mol. The molecule has 3 saturated heterocycles. The SMILES string of the molecule is C=C(C(=O)N1CCN(c2nc(OC[C@@]34CCCN3C[C@H](F)C4)nc3c(F)c(-c4ccc(F)c5sc(N)c(C#N)c45)c(Cl)cc23)C[C@@H]1CC#N)C(C)Oc1ccc2nc3c(c4c2c1CCC4)Cn1c-3cc2c(c1=O)COC(=O)[C@]2(O)CC. The van der Waals surface area contributed by atoms with E-state index in [1.165, 1.54) is 12.1 Å². The summed E-state index contributed by atoms with van der Waals surface area (Å²) in [7, 11) is 0. The number of ether oxygens (including phenoxy) is 3. The number of cyclic esters (lactones) is 1. The van der Waals surface area contributed by atoms with Gasteiger partial charge in [-0.25, -0.2) is 22.9 Å². The summed E-state index contributed by atoms with van der Waals surface area (Å²) in [6.07, 6.45) is 2.00. The number of fused-ring (bicyclic) bond motifs is 8. The van der Waals surface area contributed by atoms with Gasteiger partial charge in [-0.2, -0.15) is 20.5 Å². The summed E-state index contributed by atoms with van der Waals surface area (Å²) in [6.45, 7) is 8.98. The van der Waals surface area contributed by atoms with Crippen LogP contribution < -0.4 is 25.7 Å². The maximum atomic E-state index is 17.6. The number of rotatable bonds is 11. The predicted octanol–water partition coefficient (Wildman–Crippen LogP) is 8.69. The fourth-order valence-electron chi connectivity index (χ4n) is 13.5. The van der Waals surface area contributed by atoms with E-state index in [1.807, 2.05) is 23.1 Å². The van der Waals surface area contributed by atoms with E-state index in [9.17, 15) is 34.4 Å². The van der Waals surface area contributed by atoms with Crippen molar-refractivity contribution in [1.29, 1.82) is 10.5 Å². The molecule has 5 aliphatic heterocycles. The van der Waals surface area contributed by atoms with Crippen LogP contribution in [0.5, 0.6) is 11.8 Å². The lowest BCUT2D eigenvalue weighted by Crippen LogP contribution is -2.56. The van der Waals surface area contributed by atoms with Gasteiger partial charge in [0, 0.05) is 76.6 Å². The van der Waals surface area contributed by atoms with Crippen LogP contribution in [0.2, 0.25) is 5.02 Å². The molecule has 3 N–H and O–H groups in total. The Hall–Kier alpha value is -7.82. The Bertz CT molecular complexity index is 4100. The quantitative estimate of drug-likeness (QED) is 0.0912. The second-order valence-electron chi connectivity index (χ2n) is 21.9. The van der Waals surface area contributed by atoms with Crippen molar-refractivity contribution in [3.8, 4) is 46.4 Å². The number of alkyl halides is 1. The molecule has 1 amide bonds. The Balaban J connectivity index is 0.796. The number of carbonyl (C=O) groups is 2. The van der Waals surface area contributed by atoms with E-state index in [1.54, 1.807) is 29.4 Å². The van der Waals surface area contributed by atoms with Gasteiger partial charge >= 0.3 is 12.0 Å². The van der Waals surface area contributed by atoms with E-state index in [-0.39, 0.29) is 147 Å². The molecule has 22 heteroatoms. The third-order valence-electron chi connectivity index (χ3n) is 17.6. The number of aromatic nitrogens is 4. The van der Waals surface area contributed by atoms with E-state index in [0.717, 1.165) is 52.3 Å². The van der Waals surface area contributed by atoms with Crippen molar-refractivity contribution in [3.63, 3.8) is 0 Å². The molecule has 13 rings (SSSR count).